The van der Waals surface area contributed by atoms with Crippen LogP contribution >= 0.6 is 0 Å². The molecule has 0 unspecified atom stereocenters. The van der Waals surface area contributed by atoms with Crippen LogP contribution in [0.15, 0.2) is 73.1 Å². The first-order valence-corrected chi connectivity index (χ1v) is 11.0. The van der Waals surface area contributed by atoms with Gasteiger partial charge in [0.15, 0.2) is 0 Å². The van der Waals surface area contributed by atoms with Crippen molar-refractivity contribution in [2.75, 3.05) is 18.0 Å². The monoisotopic (exact) mass is 415 g/mol. The van der Waals surface area contributed by atoms with Crippen LogP contribution in [0.2, 0.25) is 0 Å². The molecule has 0 aliphatic carbocycles. The zero-order chi connectivity index (χ0) is 22.2. The average Bonchev–Trinajstić information content (AvgIpc) is 2.77. The number of hydrogen-bond donors (Lipinski definition) is 1. The second kappa shape index (κ2) is 10.8. The standard InChI is InChI=1S/C27H33N3O/c1-20(2)18-30(19-21(3)4)26-13-11-24(12-14-26)23-7-9-25(10-8-23)27(31)29-17-22-6-5-15-28-16-22/h5-16,20-21H,17-19H2,1-4H3,(H,29,31). The maximum Gasteiger partial charge on any atom is 0.251 e. The summed E-state index contributed by atoms with van der Waals surface area (Å²) in [4.78, 5) is 19.0. The minimum absolute atomic E-state index is 0.0798. The van der Waals surface area contributed by atoms with Crippen molar-refractivity contribution in [1.82, 2.24) is 10.3 Å². The summed E-state index contributed by atoms with van der Waals surface area (Å²) >= 11 is 0. The third kappa shape index (κ3) is 6.68. The van der Waals surface area contributed by atoms with E-state index in [1.807, 2.05) is 36.4 Å². The van der Waals surface area contributed by atoms with Crippen molar-refractivity contribution >= 4 is 11.6 Å². The van der Waals surface area contributed by atoms with Gasteiger partial charge in [0.1, 0.15) is 0 Å². The second-order valence-electron chi connectivity index (χ2n) is 8.86. The summed E-state index contributed by atoms with van der Waals surface area (Å²) in [7, 11) is 0. The van der Waals surface area contributed by atoms with Crippen molar-refractivity contribution in [2.24, 2.45) is 11.8 Å². The van der Waals surface area contributed by atoms with E-state index >= 15 is 0 Å². The topological polar surface area (TPSA) is 45.2 Å². The number of hydrogen-bond acceptors (Lipinski definition) is 3. The quantitative estimate of drug-likeness (QED) is 0.481. The summed E-state index contributed by atoms with van der Waals surface area (Å²) in [6.07, 6.45) is 3.49. The first-order valence-electron chi connectivity index (χ1n) is 11.0. The third-order valence-corrected chi connectivity index (χ3v) is 5.06. The van der Waals surface area contributed by atoms with Crippen LogP contribution in [0, 0.1) is 11.8 Å². The highest BCUT2D eigenvalue weighted by atomic mass is 16.1. The Morgan fingerprint density at radius 2 is 1.45 bits per heavy atom. The van der Waals surface area contributed by atoms with Crippen molar-refractivity contribution in [1.29, 1.82) is 0 Å². The average molecular weight is 416 g/mol. The molecular weight excluding hydrogens is 382 g/mol. The molecule has 0 bridgehead atoms. The zero-order valence-electron chi connectivity index (χ0n) is 19.0. The van der Waals surface area contributed by atoms with Crippen LogP contribution in [-0.4, -0.2) is 24.0 Å². The van der Waals surface area contributed by atoms with E-state index in [1.54, 1.807) is 12.4 Å². The van der Waals surface area contributed by atoms with Crippen molar-refractivity contribution in [3.8, 4) is 11.1 Å². The Morgan fingerprint density at radius 3 is 1.97 bits per heavy atom. The first kappa shape index (κ1) is 22.5. The van der Waals surface area contributed by atoms with Crippen LogP contribution in [0.3, 0.4) is 0 Å². The fourth-order valence-electron chi connectivity index (χ4n) is 3.63. The fraction of sp³-hybridized carbons (Fsp3) is 0.333. The third-order valence-electron chi connectivity index (χ3n) is 5.06. The van der Waals surface area contributed by atoms with E-state index in [4.69, 9.17) is 0 Å². The molecule has 162 valence electrons. The van der Waals surface area contributed by atoms with E-state index in [-0.39, 0.29) is 5.91 Å². The van der Waals surface area contributed by atoms with Gasteiger partial charge in [0, 0.05) is 43.3 Å². The summed E-state index contributed by atoms with van der Waals surface area (Å²) in [5.41, 5.74) is 5.16. The Balaban J connectivity index is 1.65. The van der Waals surface area contributed by atoms with Crippen molar-refractivity contribution < 1.29 is 4.79 Å². The number of aromatic nitrogens is 1. The molecule has 0 aliphatic rings. The number of nitrogens with one attached hydrogen (secondary N) is 1. The van der Waals surface area contributed by atoms with E-state index in [0.717, 1.165) is 29.8 Å². The molecule has 0 radical (unpaired) electrons. The normalized spacial score (nSPS) is 11.0. The van der Waals surface area contributed by atoms with Gasteiger partial charge in [-0.3, -0.25) is 9.78 Å². The van der Waals surface area contributed by atoms with Gasteiger partial charge in [0.2, 0.25) is 0 Å². The number of rotatable bonds is 9. The van der Waals surface area contributed by atoms with Gasteiger partial charge in [-0.1, -0.05) is 58.0 Å². The maximum absolute atomic E-state index is 12.4. The highest BCUT2D eigenvalue weighted by Gasteiger charge is 2.11. The number of anilines is 1. The molecule has 1 amide bonds. The smallest absolute Gasteiger partial charge is 0.251 e. The van der Waals surface area contributed by atoms with Gasteiger partial charge in [-0.05, 0) is 58.9 Å². The van der Waals surface area contributed by atoms with Crippen LogP contribution in [0.1, 0.15) is 43.6 Å². The Kier molecular flexibility index (Phi) is 7.82. The first-order chi connectivity index (χ1) is 14.9. The number of carbonyl (C=O) groups is 1. The molecule has 1 heterocycles. The molecule has 2 aromatic carbocycles. The van der Waals surface area contributed by atoms with E-state index in [1.165, 1.54) is 5.69 Å². The highest BCUT2D eigenvalue weighted by molar-refractivity contribution is 5.94. The van der Waals surface area contributed by atoms with E-state index in [0.29, 0.717) is 23.9 Å². The van der Waals surface area contributed by atoms with Crippen molar-refractivity contribution in [3.05, 3.63) is 84.2 Å². The van der Waals surface area contributed by atoms with Gasteiger partial charge in [0.05, 0.1) is 0 Å². The number of pyridine rings is 1. The number of benzene rings is 2. The van der Waals surface area contributed by atoms with Crippen molar-refractivity contribution in [3.63, 3.8) is 0 Å². The van der Waals surface area contributed by atoms with E-state index in [2.05, 4.69) is 67.2 Å². The molecule has 31 heavy (non-hydrogen) atoms. The number of carbonyl (C=O) groups excluding carboxylic acids is 1. The molecule has 0 saturated carbocycles. The molecule has 0 atom stereocenters. The summed E-state index contributed by atoms with van der Waals surface area (Å²) in [5, 5.41) is 2.94. The summed E-state index contributed by atoms with van der Waals surface area (Å²) in [6.45, 7) is 11.6. The zero-order valence-corrected chi connectivity index (χ0v) is 19.0. The van der Waals surface area contributed by atoms with Crippen LogP contribution in [0.25, 0.3) is 11.1 Å². The lowest BCUT2D eigenvalue weighted by molar-refractivity contribution is 0.0951. The molecule has 3 rings (SSSR count). The largest absolute Gasteiger partial charge is 0.371 e. The van der Waals surface area contributed by atoms with Crippen LogP contribution < -0.4 is 10.2 Å². The minimum atomic E-state index is -0.0798. The Labute approximate surface area is 186 Å². The lowest BCUT2D eigenvalue weighted by Crippen LogP contribution is -2.31. The van der Waals surface area contributed by atoms with E-state index < -0.39 is 0 Å². The van der Waals surface area contributed by atoms with Crippen LogP contribution in [0.4, 0.5) is 5.69 Å². The fourth-order valence-corrected chi connectivity index (χ4v) is 3.63. The predicted molar refractivity (Wildman–Crippen MR) is 129 cm³/mol. The molecule has 0 fully saturated rings. The number of nitrogens with zero attached hydrogens (tertiary/aromatic N) is 2. The Hall–Kier alpha value is -3.14. The maximum atomic E-state index is 12.4. The molecule has 3 aromatic rings. The summed E-state index contributed by atoms with van der Waals surface area (Å²) < 4.78 is 0. The van der Waals surface area contributed by atoms with Gasteiger partial charge in [0.25, 0.3) is 5.91 Å². The summed E-state index contributed by atoms with van der Waals surface area (Å²) in [5.74, 6) is 1.16. The van der Waals surface area contributed by atoms with Crippen molar-refractivity contribution in [2.45, 2.75) is 34.2 Å². The SMILES string of the molecule is CC(C)CN(CC(C)C)c1ccc(-c2ccc(C(=O)NCc3cccnc3)cc2)cc1. The lowest BCUT2D eigenvalue weighted by atomic mass is 10.0. The highest BCUT2D eigenvalue weighted by Crippen LogP contribution is 2.25. The van der Waals surface area contributed by atoms with E-state index in [9.17, 15) is 4.79 Å². The van der Waals surface area contributed by atoms with Gasteiger partial charge >= 0.3 is 0 Å². The minimum Gasteiger partial charge on any atom is -0.371 e. The van der Waals surface area contributed by atoms with Gasteiger partial charge in [-0.25, -0.2) is 0 Å². The van der Waals surface area contributed by atoms with Gasteiger partial charge < -0.3 is 10.2 Å². The van der Waals surface area contributed by atoms with Crippen LogP contribution in [-0.2, 0) is 6.54 Å². The Bertz CT molecular complexity index is 938. The van der Waals surface area contributed by atoms with Crippen LogP contribution in [0.5, 0.6) is 0 Å². The lowest BCUT2D eigenvalue weighted by Gasteiger charge is -2.28. The van der Waals surface area contributed by atoms with Gasteiger partial charge in [-0.15, -0.1) is 0 Å². The van der Waals surface area contributed by atoms with Gasteiger partial charge in [-0.2, -0.15) is 0 Å². The second-order valence-corrected chi connectivity index (χ2v) is 8.86. The molecule has 1 N–H and O–H groups in total. The molecule has 0 aliphatic heterocycles. The number of amides is 1. The summed E-state index contributed by atoms with van der Waals surface area (Å²) in [6, 6.07) is 20.3. The molecular formula is C27H33N3O. The molecule has 0 saturated heterocycles. The predicted octanol–water partition coefficient (Wildman–Crippen LogP) is 5.80. The molecule has 1 aromatic heterocycles. The molecule has 4 heteroatoms. The Morgan fingerprint density at radius 1 is 0.871 bits per heavy atom. The molecule has 4 nitrogen and oxygen atoms in total. The molecule has 0 spiro atoms.